The third-order valence-electron chi connectivity index (χ3n) is 2.94. The van der Waals surface area contributed by atoms with Gasteiger partial charge in [0.1, 0.15) is 0 Å². The van der Waals surface area contributed by atoms with Gasteiger partial charge in [0.05, 0.1) is 0 Å². The molecule has 0 aliphatic carbocycles. The zero-order chi connectivity index (χ0) is 11.6. The number of nitrogens with zero attached hydrogens (tertiary/aromatic N) is 1. The predicted molar refractivity (Wildman–Crippen MR) is 69.4 cm³/mol. The molecule has 1 aromatic heterocycles. The van der Waals surface area contributed by atoms with Gasteiger partial charge in [0.2, 0.25) is 0 Å². The van der Waals surface area contributed by atoms with E-state index in [4.69, 9.17) is 0 Å². The summed E-state index contributed by atoms with van der Waals surface area (Å²) < 4.78 is 0. The molecule has 2 nitrogen and oxygen atoms in total. The van der Waals surface area contributed by atoms with E-state index in [-0.39, 0.29) is 0 Å². The van der Waals surface area contributed by atoms with Crippen LogP contribution in [0.1, 0.15) is 57.6 Å². The summed E-state index contributed by atoms with van der Waals surface area (Å²) in [6.45, 7) is 5.58. The van der Waals surface area contributed by atoms with E-state index in [0.29, 0.717) is 6.04 Å². The lowest BCUT2D eigenvalue weighted by Crippen LogP contribution is -2.19. The minimum Gasteiger partial charge on any atom is -0.310 e. The van der Waals surface area contributed by atoms with Crippen LogP contribution in [0.5, 0.6) is 0 Å². The Morgan fingerprint density at radius 1 is 1.12 bits per heavy atom. The second-order valence-electron chi connectivity index (χ2n) is 4.37. The highest BCUT2D eigenvalue weighted by Gasteiger charge is 2.02. The van der Waals surface area contributed by atoms with Crippen molar-refractivity contribution < 1.29 is 0 Å². The smallest absolute Gasteiger partial charge is 0.0292 e. The molecule has 90 valence electrons. The van der Waals surface area contributed by atoms with Crippen molar-refractivity contribution >= 4 is 0 Å². The molecule has 1 aromatic rings. The number of aromatic nitrogens is 1. The van der Waals surface area contributed by atoms with Crippen molar-refractivity contribution in [2.45, 2.75) is 52.0 Å². The minimum atomic E-state index is 0.439. The van der Waals surface area contributed by atoms with E-state index in [1.54, 1.807) is 0 Å². The molecule has 16 heavy (non-hydrogen) atoms. The fraction of sp³-hybridized carbons (Fsp3) is 0.643. The van der Waals surface area contributed by atoms with Gasteiger partial charge in [-0.3, -0.25) is 4.98 Å². The molecule has 0 aliphatic heterocycles. The van der Waals surface area contributed by atoms with E-state index in [0.717, 1.165) is 6.54 Å². The molecule has 0 saturated carbocycles. The molecule has 0 aromatic carbocycles. The van der Waals surface area contributed by atoms with E-state index in [9.17, 15) is 0 Å². The van der Waals surface area contributed by atoms with E-state index >= 15 is 0 Å². The highest BCUT2D eigenvalue weighted by molar-refractivity contribution is 5.13. The van der Waals surface area contributed by atoms with E-state index in [2.05, 4.69) is 36.3 Å². The van der Waals surface area contributed by atoms with Gasteiger partial charge in [-0.1, -0.05) is 32.6 Å². The Labute approximate surface area is 99.5 Å². The quantitative estimate of drug-likeness (QED) is 0.676. The SMILES string of the molecule is CCCCCCCNC(C)c1ccncc1. The fourth-order valence-electron chi connectivity index (χ4n) is 1.82. The molecule has 1 atom stereocenters. The standard InChI is InChI=1S/C14H24N2/c1-3-4-5-6-7-10-16-13(2)14-8-11-15-12-9-14/h8-9,11-13,16H,3-7,10H2,1-2H3. The third-order valence-corrected chi connectivity index (χ3v) is 2.94. The number of hydrogen-bond acceptors (Lipinski definition) is 2. The lowest BCUT2D eigenvalue weighted by atomic mass is 10.1. The van der Waals surface area contributed by atoms with Gasteiger partial charge in [0.15, 0.2) is 0 Å². The van der Waals surface area contributed by atoms with Crippen LogP contribution in [-0.2, 0) is 0 Å². The summed E-state index contributed by atoms with van der Waals surface area (Å²) in [5.41, 5.74) is 1.32. The molecular formula is C14H24N2. The summed E-state index contributed by atoms with van der Waals surface area (Å²) in [6, 6.07) is 4.60. The summed E-state index contributed by atoms with van der Waals surface area (Å²) in [4.78, 5) is 4.03. The van der Waals surface area contributed by atoms with E-state index in [1.165, 1.54) is 37.7 Å². The lowest BCUT2D eigenvalue weighted by molar-refractivity contribution is 0.531. The predicted octanol–water partition coefficient (Wildman–Crippen LogP) is 3.70. The third kappa shape index (κ3) is 5.26. The lowest BCUT2D eigenvalue weighted by Gasteiger charge is -2.13. The summed E-state index contributed by atoms with van der Waals surface area (Å²) in [7, 11) is 0. The zero-order valence-corrected chi connectivity index (χ0v) is 10.6. The zero-order valence-electron chi connectivity index (χ0n) is 10.6. The topological polar surface area (TPSA) is 24.9 Å². The van der Waals surface area contributed by atoms with E-state index in [1.807, 2.05) is 12.4 Å². The molecule has 0 radical (unpaired) electrons. The van der Waals surface area contributed by atoms with Crippen LogP contribution in [0.4, 0.5) is 0 Å². The van der Waals surface area contributed by atoms with Crippen LogP contribution in [0.25, 0.3) is 0 Å². The minimum absolute atomic E-state index is 0.439. The van der Waals surface area contributed by atoms with Crippen LogP contribution in [0.3, 0.4) is 0 Å². The molecule has 0 spiro atoms. The van der Waals surface area contributed by atoms with Crippen molar-refractivity contribution in [1.82, 2.24) is 10.3 Å². The molecule has 0 amide bonds. The molecule has 1 rings (SSSR count). The van der Waals surface area contributed by atoms with Crippen LogP contribution in [0.15, 0.2) is 24.5 Å². The number of hydrogen-bond donors (Lipinski definition) is 1. The highest BCUT2D eigenvalue weighted by atomic mass is 14.9. The van der Waals surface area contributed by atoms with Crippen molar-refractivity contribution in [2.24, 2.45) is 0 Å². The Bertz CT molecular complexity index is 259. The first-order valence-corrected chi connectivity index (χ1v) is 6.48. The van der Waals surface area contributed by atoms with Crippen LogP contribution >= 0.6 is 0 Å². The van der Waals surface area contributed by atoms with Gasteiger partial charge >= 0.3 is 0 Å². The Morgan fingerprint density at radius 3 is 2.50 bits per heavy atom. The average molecular weight is 220 g/mol. The Morgan fingerprint density at radius 2 is 1.81 bits per heavy atom. The molecular weight excluding hydrogens is 196 g/mol. The number of pyridine rings is 1. The summed E-state index contributed by atoms with van der Waals surface area (Å²) in [6.07, 6.45) is 10.4. The Kier molecular flexibility index (Phi) is 6.82. The van der Waals surface area contributed by atoms with Crippen molar-refractivity contribution in [3.05, 3.63) is 30.1 Å². The second-order valence-corrected chi connectivity index (χ2v) is 4.37. The maximum Gasteiger partial charge on any atom is 0.0292 e. The highest BCUT2D eigenvalue weighted by Crippen LogP contribution is 2.10. The van der Waals surface area contributed by atoms with Gasteiger partial charge in [-0.25, -0.2) is 0 Å². The number of rotatable bonds is 8. The van der Waals surface area contributed by atoms with E-state index < -0.39 is 0 Å². The van der Waals surface area contributed by atoms with Gasteiger partial charge in [-0.2, -0.15) is 0 Å². The summed E-state index contributed by atoms with van der Waals surface area (Å²) >= 11 is 0. The first-order valence-electron chi connectivity index (χ1n) is 6.48. The van der Waals surface area contributed by atoms with Crippen molar-refractivity contribution in [2.75, 3.05) is 6.54 Å². The van der Waals surface area contributed by atoms with Gasteiger partial charge in [-0.05, 0) is 37.6 Å². The largest absolute Gasteiger partial charge is 0.310 e. The molecule has 1 heterocycles. The molecule has 0 saturated heterocycles. The van der Waals surface area contributed by atoms with Gasteiger partial charge in [0, 0.05) is 18.4 Å². The second kappa shape index (κ2) is 8.28. The molecule has 0 bridgehead atoms. The summed E-state index contributed by atoms with van der Waals surface area (Å²) in [5, 5.41) is 3.55. The molecule has 0 fully saturated rings. The van der Waals surface area contributed by atoms with Crippen molar-refractivity contribution in [1.29, 1.82) is 0 Å². The molecule has 1 unspecified atom stereocenters. The maximum absolute atomic E-state index is 4.03. The van der Waals surface area contributed by atoms with Crippen LogP contribution in [0, 0.1) is 0 Å². The molecule has 2 heteroatoms. The maximum atomic E-state index is 4.03. The fourth-order valence-corrected chi connectivity index (χ4v) is 1.82. The van der Waals surface area contributed by atoms with Gasteiger partial charge < -0.3 is 5.32 Å². The normalized spacial score (nSPS) is 12.6. The first kappa shape index (κ1) is 13.2. The average Bonchev–Trinajstić information content (AvgIpc) is 2.34. The van der Waals surface area contributed by atoms with Gasteiger partial charge in [0.25, 0.3) is 0 Å². The van der Waals surface area contributed by atoms with Crippen LogP contribution in [0.2, 0.25) is 0 Å². The first-order chi connectivity index (χ1) is 7.84. The van der Waals surface area contributed by atoms with Crippen LogP contribution < -0.4 is 5.32 Å². The number of nitrogens with one attached hydrogen (secondary N) is 1. The van der Waals surface area contributed by atoms with Crippen molar-refractivity contribution in [3.8, 4) is 0 Å². The summed E-state index contributed by atoms with van der Waals surface area (Å²) in [5.74, 6) is 0. The number of unbranched alkanes of at least 4 members (excludes halogenated alkanes) is 4. The van der Waals surface area contributed by atoms with Crippen molar-refractivity contribution in [3.63, 3.8) is 0 Å². The monoisotopic (exact) mass is 220 g/mol. The molecule has 1 N–H and O–H groups in total. The Hall–Kier alpha value is -0.890. The van der Waals surface area contributed by atoms with Crippen LogP contribution in [-0.4, -0.2) is 11.5 Å². The molecule has 0 aliphatic rings. The Balaban J connectivity index is 2.09. The van der Waals surface area contributed by atoms with Gasteiger partial charge in [-0.15, -0.1) is 0 Å².